The van der Waals surface area contributed by atoms with E-state index in [1.807, 2.05) is 0 Å². The second kappa shape index (κ2) is 8.41. The van der Waals surface area contributed by atoms with Gasteiger partial charge in [0.2, 0.25) is 5.91 Å². The molecule has 1 amide bonds. The fraction of sp³-hybridized carbons (Fsp3) is 0.500. The minimum atomic E-state index is -4.72. The normalized spacial score (nSPS) is 14.3. The van der Waals surface area contributed by atoms with Crippen molar-refractivity contribution < 1.29 is 22.7 Å². The summed E-state index contributed by atoms with van der Waals surface area (Å²) < 4.78 is 42.4. The molecule has 146 valence electrons. The number of nitrogens with one attached hydrogen (secondary N) is 1. The molecular formula is C18H21F3N4O2. The molecule has 6 nitrogen and oxygen atoms in total. The Hall–Kier alpha value is -2.58. The average Bonchev–Trinajstić information content (AvgIpc) is 2.83. The number of alkyl halides is 3. The molecule has 0 bridgehead atoms. The van der Waals surface area contributed by atoms with Gasteiger partial charge in [0.15, 0.2) is 0 Å². The number of ether oxygens (including phenoxy) is 1. The minimum absolute atomic E-state index is 0.0875. The maximum absolute atomic E-state index is 12.1. The molecule has 2 heterocycles. The van der Waals surface area contributed by atoms with Gasteiger partial charge in [-0.25, -0.2) is 0 Å². The quantitative estimate of drug-likeness (QED) is 0.834. The van der Waals surface area contributed by atoms with Crippen molar-refractivity contribution in [2.24, 2.45) is 0 Å². The van der Waals surface area contributed by atoms with Crippen LogP contribution in [0.5, 0.6) is 5.75 Å². The molecule has 9 heteroatoms. The Balaban J connectivity index is 1.45. The number of fused-ring (bicyclic) bond motifs is 1. The zero-order valence-corrected chi connectivity index (χ0v) is 14.8. The number of aryl methyl sites for hydroxylation is 1. The number of carbonyl (C=O) groups excluding carboxylic acids is 1. The van der Waals surface area contributed by atoms with Crippen LogP contribution in [0.25, 0.3) is 0 Å². The van der Waals surface area contributed by atoms with Crippen molar-refractivity contribution in [3.63, 3.8) is 0 Å². The standard InChI is InChI=1S/C18H21F3N4O2/c19-18(20,21)27-14-7-5-13(6-8-14)12-17(26)22-10-9-16-24-23-15-4-2-1-3-11-25(15)16/h5-8H,1-4,9-12H2,(H,22,26). The molecule has 1 N–H and O–H groups in total. The van der Waals surface area contributed by atoms with Crippen molar-refractivity contribution in [3.05, 3.63) is 41.5 Å². The summed E-state index contributed by atoms with van der Waals surface area (Å²) in [6, 6.07) is 5.28. The molecule has 1 aliphatic heterocycles. The second-order valence-electron chi connectivity index (χ2n) is 6.46. The predicted molar refractivity (Wildman–Crippen MR) is 91.1 cm³/mol. The molecule has 0 radical (unpaired) electrons. The number of nitrogens with zero attached hydrogens (tertiary/aromatic N) is 3. The number of benzene rings is 1. The van der Waals surface area contributed by atoms with E-state index in [0.29, 0.717) is 18.5 Å². The van der Waals surface area contributed by atoms with E-state index >= 15 is 0 Å². The summed E-state index contributed by atoms with van der Waals surface area (Å²) in [6.45, 7) is 1.35. The lowest BCUT2D eigenvalue weighted by atomic mass is 10.1. The maximum atomic E-state index is 12.1. The van der Waals surface area contributed by atoms with Crippen molar-refractivity contribution >= 4 is 5.91 Å². The van der Waals surface area contributed by atoms with Crippen LogP contribution in [0.1, 0.15) is 36.5 Å². The smallest absolute Gasteiger partial charge is 0.406 e. The van der Waals surface area contributed by atoms with Crippen LogP contribution in [0.2, 0.25) is 0 Å². The van der Waals surface area contributed by atoms with Crippen LogP contribution >= 0.6 is 0 Å². The Morgan fingerprint density at radius 2 is 1.93 bits per heavy atom. The third-order valence-electron chi connectivity index (χ3n) is 4.38. The first-order chi connectivity index (χ1) is 12.9. The average molecular weight is 382 g/mol. The molecule has 1 aromatic carbocycles. The first kappa shape index (κ1) is 19.2. The maximum Gasteiger partial charge on any atom is 0.573 e. The summed E-state index contributed by atoms with van der Waals surface area (Å²) in [5.74, 6) is 1.38. The number of carbonyl (C=O) groups is 1. The summed E-state index contributed by atoms with van der Waals surface area (Å²) in [6.07, 6.45) is 0.319. The van der Waals surface area contributed by atoms with Crippen molar-refractivity contribution in [3.8, 4) is 5.75 Å². The topological polar surface area (TPSA) is 69.0 Å². The molecule has 0 saturated carbocycles. The molecular weight excluding hydrogens is 361 g/mol. The van der Waals surface area contributed by atoms with E-state index in [4.69, 9.17) is 0 Å². The van der Waals surface area contributed by atoms with E-state index in [1.165, 1.54) is 30.7 Å². The van der Waals surface area contributed by atoms with Gasteiger partial charge in [0.1, 0.15) is 17.4 Å². The zero-order chi connectivity index (χ0) is 19.3. The largest absolute Gasteiger partial charge is 0.573 e. The van der Waals surface area contributed by atoms with E-state index in [1.54, 1.807) is 0 Å². The minimum Gasteiger partial charge on any atom is -0.406 e. The van der Waals surface area contributed by atoms with Crippen molar-refractivity contribution in [1.29, 1.82) is 0 Å². The van der Waals surface area contributed by atoms with Gasteiger partial charge in [-0.05, 0) is 30.5 Å². The molecule has 0 spiro atoms. The van der Waals surface area contributed by atoms with Crippen LogP contribution in [0, 0.1) is 0 Å². The lowest BCUT2D eigenvalue weighted by Gasteiger charge is -2.10. The Labute approximate surface area is 154 Å². The SMILES string of the molecule is O=C(Cc1ccc(OC(F)(F)F)cc1)NCCc1nnc2n1CCCCC2. The van der Waals surface area contributed by atoms with Gasteiger partial charge in [-0.3, -0.25) is 4.79 Å². The first-order valence-electron chi connectivity index (χ1n) is 8.93. The van der Waals surface area contributed by atoms with Crippen molar-refractivity contribution in [2.75, 3.05) is 6.54 Å². The van der Waals surface area contributed by atoms with Crippen LogP contribution in [-0.2, 0) is 30.6 Å². The fourth-order valence-electron chi connectivity index (χ4n) is 3.10. The zero-order valence-electron chi connectivity index (χ0n) is 14.8. The molecule has 0 unspecified atom stereocenters. The second-order valence-corrected chi connectivity index (χ2v) is 6.46. The van der Waals surface area contributed by atoms with Crippen molar-refractivity contribution in [2.45, 2.75) is 51.4 Å². The van der Waals surface area contributed by atoms with Crippen LogP contribution in [0.4, 0.5) is 13.2 Å². The predicted octanol–water partition coefficient (Wildman–Crippen LogP) is 2.80. The van der Waals surface area contributed by atoms with Crippen LogP contribution in [0.3, 0.4) is 0 Å². The van der Waals surface area contributed by atoms with Gasteiger partial charge in [-0.15, -0.1) is 23.4 Å². The lowest BCUT2D eigenvalue weighted by Crippen LogP contribution is -2.28. The highest BCUT2D eigenvalue weighted by Crippen LogP contribution is 2.22. The number of hydrogen-bond acceptors (Lipinski definition) is 4. The molecule has 2 aromatic rings. The monoisotopic (exact) mass is 382 g/mol. The van der Waals surface area contributed by atoms with Crippen LogP contribution in [0.15, 0.2) is 24.3 Å². The summed E-state index contributed by atoms with van der Waals surface area (Å²) in [4.78, 5) is 12.0. The van der Waals surface area contributed by atoms with Gasteiger partial charge in [0, 0.05) is 25.9 Å². The van der Waals surface area contributed by atoms with Gasteiger partial charge < -0.3 is 14.6 Å². The molecule has 0 atom stereocenters. The fourth-order valence-corrected chi connectivity index (χ4v) is 3.10. The molecule has 1 aliphatic rings. The van der Waals surface area contributed by atoms with E-state index in [2.05, 4.69) is 24.8 Å². The number of amides is 1. The highest BCUT2D eigenvalue weighted by Gasteiger charge is 2.30. The number of rotatable bonds is 6. The summed E-state index contributed by atoms with van der Waals surface area (Å²) in [7, 11) is 0. The Morgan fingerprint density at radius 3 is 2.67 bits per heavy atom. The number of hydrogen-bond donors (Lipinski definition) is 1. The highest BCUT2D eigenvalue weighted by atomic mass is 19.4. The Morgan fingerprint density at radius 1 is 1.15 bits per heavy atom. The third-order valence-corrected chi connectivity index (χ3v) is 4.38. The molecule has 0 aliphatic carbocycles. The third kappa shape index (κ3) is 5.70. The number of halogens is 3. The Bertz CT molecular complexity index is 772. The van der Waals surface area contributed by atoms with E-state index < -0.39 is 6.36 Å². The van der Waals surface area contributed by atoms with Gasteiger partial charge in [0.05, 0.1) is 6.42 Å². The van der Waals surface area contributed by atoms with E-state index in [0.717, 1.165) is 37.5 Å². The Kier molecular flexibility index (Phi) is 5.98. The van der Waals surface area contributed by atoms with Crippen LogP contribution < -0.4 is 10.1 Å². The van der Waals surface area contributed by atoms with Gasteiger partial charge >= 0.3 is 6.36 Å². The van der Waals surface area contributed by atoms with E-state index in [9.17, 15) is 18.0 Å². The summed E-state index contributed by atoms with van der Waals surface area (Å²) >= 11 is 0. The number of aromatic nitrogens is 3. The van der Waals surface area contributed by atoms with Gasteiger partial charge in [-0.1, -0.05) is 18.6 Å². The molecule has 0 saturated heterocycles. The summed E-state index contributed by atoms with van der Waals surface area (Å²) in [5.41, 5.74) is 0.610. The summed E-state index contributed by atoms with van der Waals surface area (Å²) in [5, 5.41) is 11.3. The van der Waals surface area contributed by atoms with Gasteiger partial charge in [-0.2, -0.15) is 0 Å². The van der Waals surface area contributed by atoms with Crippen molar-refractivity contribution in [1.82, 2.24) is 20.1 Å². The first-order valence-corrected chi connectivity index (χ1v) is 8.93. The molecule has 3 rings (SSSR count). The highest BCUT2D eigenvalue weighted by molar-refractivity contribution is 5.78. The van der Waals surface area contributed by atoms with Gasteiger partial charge in [0.25, 0.3) is 0 Å². The molecule has 27 heavy (non-hydrogen) atoms. The molecule has 0 fully saturated rings. The van der Waals surface area contributed by atoms with E-state index in [-0.39, 0.29) is 18.1 Å². The van der Waals surface area contributed by atoms with Crippen LogP contribution in [-0.4, -0.2) is 33.6 Å². The lowest BCUT2D eigenvalue weighted by molar-refractivity contribution is -0.274. The molecule has 1 aromatic heterocycles.